The van der Waals surface area contributed by atoms with E-state index in [2.05, 4.69) is 11.9 Å². The van der Waals surface area contributed by atoms with Crippen LogP contribution in [0.15, 0.2) is 18.2 Å². The smallest absolute Gasteiger partial charge is 0.127 e. The fraction of sp³-hybridized carbons (Fsp3) is 0.625. The van der Waals surface area contributed by atoms with Crippen LogP contribution >= 0.6 is 0 Å². The number of likely N-dealkylation sites (tertiary alicyclic amines) is 1. The Balaban J connectivity index is 1.84. The van der Waals surface area contributed by atoms with Crippen LogP contribution in [0.2, 0.25) is 0 Å². The number of hydrogen-bond donors (Lipinski definition) is 1. The minimum absolute atomic E-state index is 0.249. The van der Waals surface area contributed by atoms with Crippen LogP contribution in [0.25, 0.3) is 0 Å². The summed E-state index contributed by atoms with van der Waals surface area (Å²) in [4.78, 5) is 2.40. The lowest BCUT2D eigenvalue weighted by molar-refractivity contribution is 0.153. The molecule has 20 heavy (non-hydrogen) atoms. The van der Waals surface area contributed by atoms with Gasteiger partial charge in [0.25, 0.3) is 0 Å². The Bertz CT molecular complexity index is 425. The van der Waals surface area contributed by atoms with Crippen molar-refractivity contribution < 1.29 is 9.13 Å². The number of nitrogens with zero attached hydrogens (tertiary/aromatic N) is 1. The summed E-state index contributed by atoms with van der Waals surface area (Å²) in [6, 6.07) is 5.46. The molecule has 1 fully saturated rings. The van der Waals surface area contributed by atoms with Gasteiger partial charge in [-0.2, -0.15) is 0 Å². The molecule has 2 N–H and O–H groups in total. The van der Waals surface area contributed by atoms with Crippen LogP contribution in [0.5, 0.6) is 5.75 Å². The van der Waals surface area contributed by atoms with Crippen LogP contribution in [0.1, 0.15) is 31.2 Å². The number of nitrogens with two attached hydrogens (primary N) is 1. The van der Waals surface area contributed by atoms with Crippen LogP contribution in [0.3, 0.4) is 0 Å². The molecule has 1 heterocycles. The maximum atomic E-state index is 13.5. The Morgan fingerprint density at radius 3 is 2.95 bits per heavy atom. The molecule has 0 bridgehead atoms. The number of hydrogen-bond acceptors (Lipinski definition) is 3. The Hall–Kier alpha value is -1.13. The van der Waals surface area contributed by atoms with Crippen molar-refractivity contribution in [2.24, 2.45) is 5.73 Å². The highest BCUT2D eigenvalue weighted by molar-refractivity contribution is 5.29. The number of piperidine rings is 1. The second kappa shape index (κ2) is 7.60. The van der Waals surface area contributed by atoms with Gasteiger partial charge in [-0.25, -0.2) is 4.39 Å². The third-order valence-corrected chi connectivity index (χ3v) is 4.01. The molecule has 2 rings (SSSR count). The molecule has 1 unspecified atom stereocenters. The van der Waals surface area contributed by atoms with Crippen molar-refractivity contribution in [3.63, 3.8) is 0 Å². The number of rotatable bonds is 6. The van der Waals surface area contributed by atoms with Gasteiger partial charge < -0.3 is 15.4 Å². The quantitative estimate of drug-likeness (QED) is 0.870. The molecule has 0 spiro atoms. The van der Waals surface area contributed by atoms with Gasteiger partial charge in [0.2, 0.25) is 0 Å². The maximum absolute atomic E-state index is 13.5. The van der Waals surface area contributed by atoms with E-state index in [1.165, 1.54) is 37.9 Å². The molecule has 0 radical (unpaired) electrons. The van der Waals surface area contributed by atoms with Crippen LogP contribution in [0, 0.1) is 5.82 Å². The van der Waals surface area contributed by atoms with E-state index in [9.17, 15) is 4.39 Å². The molecule has 1 saturated heterocycles. The first kappa shape index (κ1) is 15.3. The van der Waals surface area contributed by atoms with Gasteiger partial charge in [0.1, 0.15) is 11.6 Å². The zero-order valence-corrected chi connectivity index (χ0v) is 12.3. The first-order chi connectivity index (χ1) is 9.69. The highest BCUT2D eigenvalue weighted by Crippen LogP contribution is 2.20. The van der Waals surface area contributed by atoms with Crippen molar-refractivity contribution in [1.29, 1.82) is 0 Å². The van der Waals surface area contributed by atoms with E-state index in [0.29, 0.717) is 31.4 Å². The number of halogens is 1. The molecular weight excluding hydrogens is 255 g/mol. The summed E-state index contributed by atoms with van der Waals surface area (Å²) >= 11 is 0. The fourth-order valence-corrected chi connectivity index (χ4v) is 2.84. The molecule has 4 heteroatoms. The summed E-state index contributed by atoms with van der Waals surface area (Å²) in [6.07, 6.45) is 5.51. The largest absolute Gasteiger partial charge is 0.493 e. The topological polar surface area (TPSA) is 38.5 Å². The molecule has 0 aliphatic carbocycles. The molecule has 1 atom stereocenters. The predicted octanol–water partition coefficient (Wildman–Crippen LogP) is 2.58. The molecule has 0 amide bonds. The van der Waals surface area contributed by atoms with Gasteiger partial charge in [0, 0.05) is 12.1 Å². The van der Waals surface area contributed by atoms with E-state index in [1.54, 1.807) is 0 Å². The average molecular weight is 280 g/mol. The van der Waals surface area contributed by atoms with Gasteiger partial charge in [-0.05, 0) is 63.5 Å². The van der Waals surface area contributed by atoms with Crippen molar-refractivity contribution in [2.75, 3.05) is 26.7 Å². The molecule has 112 valence electrons. The standard InChI is InChI=1S/C16H25FN2O/c1-19-8-3-2-4-15(19)6-9-20-16-11-13(5-7-18)10-14(17)12-16/h10-12,15H,2-9,18H2,1H3. The Morgan fingerprint density at radius 2 is 2.20 bits per heavy atom. The molecule has 1 aliphatic rings. The van der Waals surface area contributed by atoms with Gasteiger partial charge >= 0.3 is 0 Å². The normalized spacial score (nSPS) is 20.1. The minimum atomic E-state index is -0.249. The van der Waals surface area contributed by atoms with Crippen molar-refractivity contribution in [2.45, 2.75) is 38.1 Å². The maximum Gasteiger partial charge on any atom is 0.127 e. The van der Waals surface area contributed by atoms with Gasteiger partial charge in [0.15, 0.2) is 0 Å². The number of ether oxygens (including phenoxy) is 1. The van der Waals surface area contributed by atoms with Crippen molar-refractivity contribution in [1.82, 2.24) is 4.90 Å². The summed E-state index contributed by atoms with van der Waals surface area (Å²) in [5.74, 6) is 0.368. The second-order valence-corrected chi connectivity index (χ2v) is 5.60. The zero-order valence-electron chi connectivity index (χ0n) is 12.3. The van der Waals surface area contributed by atoms with E-state index >= 15 is 0 Å². The van der Waals surface area contributed by atoms with Gasteiger partial charge in [-0.3, -0.25) is 0 Å². The highest BCUT2D eigenvalue weighted by Gasteiger charge is 2.18. The Kier molecular flexibility index (Phi) is 5.80. The first-order valence-corrected chi connectivity index (χ1v) is 7.51. The van der Waals surface area contributed by atoms with Crippen LogP contribution in [0.4, 0.5) is 4.39 Å². The fourth-order valence-electron chi connectivity index (χ4n) is 2.84. The summed E-state index contributed by atoms with van der Waals surface area (Å²) < 4.78 is 19.2. The van der Waals surface area contributed by atoms with E-state index < -0.39 is 0 Å². The summed E-state index contributed by atoms with van der Waals surface area (Å²) in [5, 5.41) is 0. The lowest BCUT2D eigenvalue weighted by Gasteiger charge is -2.32. The summed E-state index contributed by atoms with van der Waals surface area (Å²) in [6.45, 7) is 2.33. The third kappa shape index (κ3) is 4.46. The molecule has 0 saturated carbocycles. The molecule has 1 aromatic rings. The van der Waals surface area contributed by atoms with Crippen LogP contribution in [-0.4, -0.2) is 37.7 Å². The SMILES string of the molecule is CN1CCCCC1CCOc1cc(F)cc(CCN)c1. The van der Waals surface area contributed by atoms with E-state index in [0.717, 1.165) is 12.0 Å². The minimum Gasteiger partial charge on any atom is -0.493 e. The van der Waals surface area contributed by atoms with Gasteiger partial charge in [-0.1, -0.05) is 6.42 Å². The first-order valence-electron chi connectivity index (χ1n) is 7.51. The van der Waals surface area contributed by atoms with Gasteiger partial charge in [-0.15, -0.1) is 0 Å². The van der Waals surface area contributed by atoms with E-state index in [1.807, 2.05) is 6.07 Å². The Labute approximate surface area is 120 Å². The number of benzene rings is 1. The van der Waals surface area contributed by atoms with Crippen molar-refractivity contribution in [3.8, 4) is 5.75 Å². The predicted molar refractivity (Wildman–Crippen MR) is 79.5 cm³/mol. The van der Waals surface area contributed by atoms with Crippen LogP contribution in [-0.2, 0) is 6.42 Å². The van der Waals surface area contributed by atoms with Crippen molar-refractivity contribution in [3.05, 3.63) is 29.6 Å². The summed E-state index contributed by atoms with van der Waals surface area (Å²) in [7, 11) is 2.17. The van der Waals surface area contributed by atoms with Crippen LogP contribution < -0.4 is 10.5 Å². The van der Waals surface area contributed by atoms with Crippen molar-refractivity contribution >= 4 is 0 Å². The third-order valence-electron chi connectivity index (χ3n) is 4.01. The van der Waals surface area contributed by atoms with E-state index in [-0.39, 0.29) is 5.82 Å². The molecule has 0 aromatic heterocycles. The van der Waals surface area contributed by atoms with Gasteiger partial charge in [0.05, 0.1) is 6.61 Å². The van der Waals surface area contributed by atoms with E-state index in [4.69, 9.17) is 10.5 Å². The monoisotopic (exact) mass is 280 g/mol. The lowest BCUT2D eigenvalue weighted by atomic mass is 10.0. The molecular formula is C16H25FN2O. The summed E-state index contributed by atoms with van der Waals surface area (Å²) in [5.41, 5.74) is 6.41. The average Bonchev–Trinajstić information content (AvgIpc) is 2.41. The molecule has 1 aliphatic heterocycles. The molecule has 3 nitrogen and oxygen atoms in total. The zero-order chi connectivity index (χ0) is 14.4. The Morgan fingerprint density at radius 1 is 1.35 bits per heavy atom. The highest BCUT2D eigenvalue weighted by atomic mass is 19.1. The lowest BCUT2D eigenvalue weighted by Crippen LogP contribution is -2.37. The molecule has 1 aromatic carbocycles. The second-order valence-electron chi connectivity index (χ2n) is 5.60.